The molecule has 0 aromatic heterocycles. The third kappa shape index (κ3) is 6.61. The summed E-state index contributed by atoms with van der Waals surface area (Å²) in [5.74, 6) is -1.49. The minimum Gasteiger partial charge on any atom is -0.452 e. The number of alkyl halides is 1. The summed E-state index contributed by atoms with van der Waals surface area (Å²) < 4.78 is 51.6. The van der Waals surface area contributed by atoms with Gasteiger partial charge in [0.1, 0.15) is 12.2 Å². The maximum absolute atomic E-state index is 12.9. The molecule has 33 heavy (non-hydrogen) atoms. The zero-order valence-electron chi connectivity index (χ0n) is 17.8. The summed E-state index contributed by atoms with van der Waals surface area (Å²) in [5.41, 5.74) is 0.461. The van der Waals surface area contributed by atoms with Gasteiger partial charge in [0.25, 0.3) is 10.1 Å². The molecule has 2 aromatic rings. The summed E-state index contributed by atoms with van der Waals surface area (Å²) in [6.45, 7) is 0. The van der Waals surface area contributed by atoms with Crippen LogP contribution in [0.5, 0.6) is 0 Å². The third-order valence-electron chi connectivity index (χ3n) is 4.77. The fourth-order valence-corrected chi connectivity index (χ4v) is 4.46. The van der Waals surface area contributed by atoms with Crippen LogP contribution in [0.4, 0.5) is 0 Å². The van der Waals surface area contributed by atoms with E-state index < -0.39 is 52.8 Å². The lowest BCUT2D eigenvalue weighted by atomic mass is 9.99. The largest absolute Gasteiger partial charge is 0.452 e. The van der Waals surface area contributed by atoms with Crippen molar-refractivity contribution in [3.8, 4) is 0 Å². The zero-order valence-corrected chi connectivity index (χ0v) is 20.2. The molecule has 0 amide bonds. The minimum atomic E-state index is -4.00. The van der Waals surface area contributed by atoms with Crippen molar-refractivity contribution < 1.29 is 41.1 Å². The molecule has 1 aliphatic heterocycles. The van der Waals surface area contributed by atoms with Gasteiger partial charge in [-0.15, -0.1) is 0 Å². The van der Waals surface area contributed by atoms with Gasteiger partial charge in [-0.05, 0) is 24.3 Å². The van der Waals surface area contributed by atoms with Gasteiger partial charge >= 0.3 is 11.9 Å². The molecule has 1 heterocycles. The first-order valence-electron chi connectivity index (χ1n) is 9.88. The Balaban J connectivity index is 1.98. The van der Waals surface area contributed by atoms with Gasteiger partial charge in [-0.3, -0.25) is 4.18 Å². The molecule has 5 atom stereocenters. The number of rotatable bonds is 8. The number of carbonyl (C=O) groups is 2. The van der Waals surface area contributed by atoms with Crippen molar-refractivity contribution in [2.75, 3.05) is 18.7 Å². The average molecular weight is 543 g/mol. The second-order valence-corrected chi connectivity index (χ2v) is 9.42. The Morgan fingerprint density at radius 2 is 1.36 bits per heavy atom. The number of benzene rings is 2. The number of hydrogen-bond donors (Lipinski definition) is 0. The molecule has 3 rings (SSSR count). The molecular formula is C22H23BrO9S. The molecule has 0 unspecified atom stereocenters. The second-order valence-electron chi connectivity index (χ2n) is 7.17. The van der Waals surface area contributed by atoms with Gasteiger partial charge in [0.15, 0.2) is 18.5 Å². The number of esters is 2. The van der Waals surface area contributed by atoms with Crippen LogP contribution in [0.2, 0.25) is 0 Å². The number of ether oxygens (including phenoxy) is 4. The van der Waals surface area contributed by atoms with Gasteiger partial charge < -0.3 is 18.9 Å². The Bertz CT molecular complexity index is 1050. The lowest BCUT2D eigenvalue weighted by Gasteiger charge is -2.43. The molecule has 2 aromatic carbocycles. The molecule has 1 fully saturated rings. The van der Waals surface area contributed by atoms with E-state index in [0.29, 0.717) is 0 Å². The molecule has 0 spiro atoms. The van der Waals surface area contributed by atoms with Gasteiger partial charge in [0.2, 0.25) is 0 Å². The van der Waals surface area contributed by atoms with Gasteiger partial charge in [-0.25, -0.2) is 9.59 Å². The van der Waals surface area contributed by atoms with Crippen LogP contribution in [0, 0.1) is 0 Å². The monoisotopic (exact) mass is 542 g/mol. The quantitative estimate of drug-likeness (QED) is 0.282. The summed E-state index contributed by atoms with van der Waals surface area (Å²) in [4.78, 5) is 25.6. The third-order valence-corrected chi connectivity index (χ3v) is 5.98. The fourth-order valence-electron chi connectivity index (χ4n) is 3.30. The van der Waals surface area contributed by atoms with Crippen molar-refractivity contribution in [1.29, 1.82) is 0 Å². The van der Waals surface area contributed by atoms with Crippen LogP contribution in [-0.4, -0.2) is 69.8 Å². The first kappa shape index (κ1) is 25.3. The van der Waals surface area contributed by atoms with Crippen LogP contribution < -0.4 is 0 Å². The predicted molar refractivity (Wildman–Crippen MR) is 120 cm³/mol. The van der Waals surface area contributed by atoms with Gasteiger partial charge in [-0.1, -0.05) is 52.3 Å². The van der Waals surface area contributed by atoms with Crippen molar-refractivity contribution in [2.45, 2.75) is 30.7 Å². The van der Waals surface area contributed by atoms with E-state index in [1.807, 2.05) is 0 Å². The summed E-state index contributed by atoms with van der Waals surface area (Å²) in [5, 5.41) is 0.131. The van der Waals surface area contributed by atoms with E-state index >= 15 is 0 Å². The summed E-state index contributed by atoms with van der Waals surface area (Å²) in [6.07, 6.45) is -5.19. The number of hydrogen-bond acceptors (Lipinski definition) is 9. The summed E-state index contributed by atoms with van der Waals surface area (Å²) in [6, 6.07) is 16.2. The van der Waals surface area contributed by atoms with Gasteiger partial charge in [0.05, 0.1) is 17.4 Å². The van der Waals surface area contributed by atoms with E-state index in [0.717, 1.165) is 6.26 Å². The number of methoxy groups -OCH3 is 1. The second kappa shape index (κ2) is 11.2. The molecular weight excluding hydrogens is 520 g/mol. The molecule has 1 saturated heterocycles. The molecule has 1 aliphatic rings. The molecule has 11 heteroatoms. The highest BCUT2D eigenvalue weighted by molar-refractivity contribution is 9.09. The van der Waals surface area contributed by atoms with E-state index in [1.54, 1.807) is 48.5 Å². The molecule has 0 radical (unpaired) electrons. The highest BCUT2D eigenvalue weighted by Gasteiger charge is 2.52. The Labute approximate surface area is 200 Å². The lowest BCUT2D eigenvalue weighted by Crippen LogP contribution is -2.62. The molecule has 178 valence electrons. The first-order valence-corrected chi connectivity index (χ1v) is 12.8. The minimum absolute atomic E-state index is 0.131. The van der Waals surface area contributed by atoms with Crippen molar-refractivity contribution in [3.63, 3.8) is 0 Å². The smallest absolute Gasteiger partial charge is 0.338 e. The molecule has 0 aliphatic carbocycles. The summed E-state index contributed by atoms with van der Waals surface area (Å²) in [7, 11) is -2.68. The lowest BCUT2D eigenvalue weighted by molar-refractivity contribution is -0.278. The standard InChI is InChI=1S/C22H23BrO9S/c1-28-22-19(31-21(25)15-11-7-4-8-12-15)18(30-20(24)14-9-5-3-6-10-14)17(16(13-23)29-22)32-33(2,26)27/h3-12,16-19,22H,13H2,1-2H3/t16-,17-,18+,19-,22+/m1/s1. The van der Waals surface area contributed by atoms with Crippen molar-refractivity contribution in [3.05, 3.63) is 71.8 Å². The average Bonchev–Trinajstić information content (AvgIpc) is 2.81. The van der Waals surface area contributed by atoms with E-state index in [9.17, 15) is 18.0 Å². The Kier molecular flexibility index (Phi) is 8.60. The Hall–Kier alpha value is -2.31. The van der Waals surface area contributed by atoms with Gasteiger partial charge in [0, 0.05) is 12.4 Å². The number of carbonyl (C=O) groups excluding carboxylic acids is 2. The SMILES string of the molecule is CO[C@H]1O[C@H](CBr)[C@@H](OS(C)(=O)=O)[C@H](OC(=O)c2ccccc2)[C@H]1OC(=O)c1ccccc1. The van der Waals surface area contributed by atoms with Crippen LogP contribution in [0.25, 0.3) is 0 Å². The Morgan fingerprint density at radius 3 is 1.79 bits per heavy atom. The van der Waals surface area contributed by atoms with Crippen molar-refractivity contribution in [1.82, 2.24) is 0 Å². The summed E-state index contributed by atoms with van der Waals surface area (Å²) >= 11 is 3.26. The van der Waals surface area contributed by atoms with E-state index in [1.165, 1.54) is 19.2 Å². The van der Waals surface area contributed by atoms with Crippen LogP contribution in [-0.2, 0) is 33.2 Å². The Morgan fingerprint density at radius 1 is 0.879 bits per heavy atom. The zero-order chi connectivity index (χ0) is 24.0. The van der Waals surface area contributed by atoms with E-state index in [2.05, 4.69) is 15.9 Å². The maximum Gasteiger partial charge on any atom is 0.338 e. The van der Waals surface area contributed by atoms with E-state index in [4.69, 9.17) is 23.1 Å². The molecule has 0 saturated carbocycles. The topological polar surface area (TPSA) is 114 Å². The van der Waals surface area contributed by atoms with Crippen molar-refractivity contribution >= 4 is 38.0 Å². The van der Waals surface area contributed by atoms with Crippen LogP contribution in [0.15, 0.2) is 60.7 Å². The van der Waals surface area contributed by atoms with Gasteiger partial charge in [-0.2, -0.15) is 8.42 Å². The highest BCUT2D eigenvalue weighted by Crippen LogP contribution is 2.31. The molecule has 9 nitrogen and oxygen atoms in total. The van der Waals surface area contributed by atoms with Crippen LogP contribution in [0.3, 0.4) is 0 Å². The normalized spacial score (nSPS) is 25.2. The maximum atomic E-state index is 12.9. The van der Waals surface area contributed by atoms with E-state index in [-0.39, 0.29) is 16.5 Å². The fraction of sp³-hybridized carbons (Fsp3) is 0.364. The number of halogens is 1. The first-order chi connectivity index (χ1) is 15.7. The molecule has 0 bridgehead atoms. The highest BCUT2D eigenvalue weighted by atomic mass is 79.9. The molecule has 0 N–H and O–H groups in total. The van der Waals surface area contributed by atoms with Crippen LogP contribution in [0.1, 0.15) is 20.7 Å². The predicted octanol–water partition coefficient (Wildman–Crippen LogP) is 2.55. The van der Waals surface area contributed by atoms with Crippen LogP contribution >= 0.6 is 15.9 Å². The van der Waals surface area contributed by atoms with Crippen molar-refractivity contribution in [2.24, 2.45) is 0 Å².